The van der Waals surface area contributed by atoms with Crippen LogP contribution < -0.4 is 0 Å². The summed E-state index contributed by atoms with van der Waals surface area (Å²) in [4.78, 5) is 0. The first-order chi connectivity index (χ1) is 10.2. The lowest BCUT2D eigenvalue weighted by atomic mass is 9.68. The van der Waals surface area contributed by atoms with Crippen LogP contribution in [0.25, 0.3) is 0 Å². The molecule has 2 unspecified atom stereocenters. The van der Waals surface area contributed by atoms with Gasteiger partial charge in [-0.3, -0.25) is 0 Å². The molecular formula is C21H42O2. The molecule has 138 valence electrons. The molecule has 1 aliphatic rings. The summed E-state index contributed by atoms with van der Waals surface area (Å²) in [6.07, 6.45) is 6.67. The summed E-state index contributed by atoms with van der Waals surface area (Å²) in [7, 11) is 0. The minimum absolute atomic E-state index is 0.183. The third-order valence-electron chi connectivity index (χ3n) is 6.12. The van der Waals surface area contributed by atoms with Crippen molar-refractivity contribution >= 4 is 0 Å². The van der Waals surface area contributed by atoms with E-state index in [1.807, 2.05) is 6.92 Å². The largest absolute Gasteiger partial charge is 0.365 e. The van der Waals surface area contributed by atoms with Gasteiger partial charge in [-0.15, -0.1) is 0 Å². The van der Waals surface area contributed by atoms with Gasteiger partial charge in [-0.05, 0) is 62.2 Å². The van der Waals surface area contributed by atoms with E-state index in [2.05, 4.69) is 55.4 Å². The highest BCUT2D eigenvalue weighted by molar-refractivity contribution is 4.91. The van der Waals surface area contributed by atoms with Crippen LogP contribution >= 0.6 is 0 Å². The molecule has 0 aliphatic heterocycles. The highest BCUT2D eigenvalue weighted by atomic mass is 16.6. The van der Waals surface area contributed by atoms with Crippen LogP contribution in [0.5, 0.6) is 0 Å². The van der Waals surface area contributed by atoms with Gasteiger partial charge in [0.1, 0.15) is 0 Å². The van der Waals surface area contributed by atoms with Crippen LogP contribution in [0, 0.1) is 22.2 Å². The zero-order valence-electron chi connectivity index (χ0n) is 17.3. The van der Waals surface area contributed by atoms with Crippen LogP contribution in [0.2, 0.25) is 0 Å². The van der Waals surface area contributed by atoms with Gasteiger partial charge in [0, 0.05) is 5.41 Å². The van der Waals surface area contributed by atoms with Crippen LogP contribution in [-0.2, 0) is 4.74 Å². The molecule has 0 aromatic heterocycles. The fourth-order valence-corrected chi connectivity index (χ4v) is 4.30. The van der Waals surface area contributed by atoms with Crippen molar-refractivity contribution in [1.29, 1.82) is 0 Å². The minimum atomic E-state index is -1.06. The molecule has 2 atom stereocenters. The Kier molecular flexibility index (Phi) is 6.41. The van der Waals surface area contributed by atoms with Crippen LogP contribution in [0.15, 0.2) is 0 Å². The molecule has 0 bridgehead atoms. The van der Waals surface area contributed by atoms with E-state index in [4.69, 9.17) is 4.74 Å². The van der Waals surface area contributed by atoms with E-state index < -0.39 is 5.79 Å². The quantitative estimate of drug-likeness (QED) is 0.612. The Morgan fingerprint density at radius 3 is 1.70 bits per heavy atom. The third-order valence-corrected chi connectivity index (χ3v) is 6.12. The van der Waals surface area contributed by atoms with Crippen molar-refractivity contribution in [3.05, 3.63) is 0 Å². The molecule has 1 fully saturated rings. The van der Waals surface area contributed by atoms with E-state index >= 15 is 0 Å². The maximum absolute atomic E-state index is 11.2. The summed E-state index contributed by atoms with van der Waals surface area (Å²) in [5.41, 5.74) is 0.353. The van der Waals surface area contributed by atoms with E-state index in [1.54, 1.807) is 0 Å². The summed E-state index contributed by atoms with van der Waals surface area (Å²) < 4.78 is 6.30. The Morgan fingerprint density at radius 1 is 0.870 bits per heavy atom. The molecule has 0 heterocycles. The number of hydrogen-bond donors (Lipinski definition) is 1. The molecular weight excluding hydrogens is 284 g/mol. The van der Waals surface area contributed by atoms with Gasteiger partial charge in [-0.25, -0.2) is 0 Å². The van der Waals surface area contributed by atoms with Crippen molar-refractivity contribution < 1.29 is 9.84 Å². The summed E-state index contributed by atoms with van der Waals surface area (Å²) in [6, 6.07) is 0. The van der Waals surface area contributed by atoms with Gasteiger partial charge in [0.25, 0.3) is 0 Å². The first-order valence-electron chi connectivity index (χ1n) is 9.60. The molecule has 2 heteroatoms. The van der Waals surface area contributed by atoms with Crippen molar-refractivity contribution in [2.45, 2.75) is 113 Å². The molecule has 0 aromatic carbocycles. The van der Waals surface area contributed by atoms with Gasteiger partial charge in [-0.1, -0.05) is 55.4 Å². The minimum Gasteiger partial charge on any atom is -0.365 e. The van der Waals surface area contributed by atoms with Gasteiger partial charge >= 0.3 is 0 Å². The summed E-state index contributed by atoms with van der Waals surface area (Å²) in [6.45, 7) is 20.0. The van der Waals surface area contributed by atoms with Gasteiger partial charge in [0.05, 0.1) is 6.10 Å². The molecule has 1 rings (SSSR count). The smallest absolute Gasteiger partial charge is 0.168 e. The van der Waals surface area contributed by atoms with Crippen molar-refractivity contribution in [2.24, 2.45) is 22.2 Å². The van der Waals surface area contributed by atoms with E-state index in [0.29, 0.717) is 5.41 Å². The maximum atomic E-state index is 11.2. The molecule has 1 N–H and O–H groups in total. The van der Waals surface area contributed by atoms with Crippen LogP contribution in [-0.4, -0.2) is 17.0 Å². The molecule has 0 aromatic rings. The SMILES string of the molecule is CCC(C)(CC(C)(C)C)C(C)(O)OC1CCC(C(C)(C)C)CC1. The lowest BCUT2D eigenvalue weighted by molar-refractivity contribution is -0.290. The topological polar surface area (TPSA) is 29.5 Å². The van der Waals surface area contributed by atoms with Crippen molar-refractivity contribution in [3.8, 4) is 0 Å². The molecule has 0 spiro atoms. The fraction of sp³-hybridized carbons (Fsp3) is 1.00. The number of hydrogen-bond acceptors (Lipinski definition) is 2. The number of aliphatic hydroxyl groups is 1. The van der Waals surface area contributed by atoms with Gasteiger partial charge in [-0.2, -0.15) is 0 Å². The average Bonchev–Trinajstić information content (AvgIpc) is 2.35. The van der Waals surface area contributed by atoms with Gasteiger partial charge in [0.2, 0.25) is 0 Å². The van der Waals surface area contributed by atoms with Crippen molar-refractivity contribution in [3.63, 3.8) is 0 Å². The van der Waals surface area contributed by atoms with Gasteiger partial charge < -0.3 is 9.84 Å². The second kappa shape index (κ2) is 7.04. The molecule has 2 nitrogen and oxygen atoms in total. The molecule has 0 radical (unpaired) electrons. The highest BCUT2D eigenvalue weighted by Gasteiger charge is 2.47. The number of ether oxygens (including phenoxy) is 1. The van der Waals surface area contributed by atoms with E-state index in [0.717, 1.165) is 31.6 Å². The van der Waals surface area contributed by atoms with E-state index in [1.165, 1.54) is 12.8 Å². The lowest BCUT2D eigenvalue weighted by Crippen LogP contribution is -2.50. The van der Waals surface area contributed by atoms with Crippen LogP contribution in [0.4, 0.5) is 0 Å². The first kappa shape index (κ1) is 21.0. The predicted octanol–water partition coefficient (Wildman–Crippen LogP) is 6.17. The average molecular weight is 327 g/mol. The standard InChI is InChI=1S/C21H42O2/c1-10-20(8,15-18(2,3)4)21(9,22)23-17-13-11-16(12-14-17)19(5,6)7/h16-17,22H,10-15H2,1-9H3. The van der Waals surface area contributed by atoms with Crippen LogP contribution in [0.1, 0.15) is 101 Å². The second-order valence-corrected chi connectivity index (χ2v) is 10.6. The zero-order valence-corrected chi connectivity index (χ0v) is 17.3. The predicted molar refractivity (Wildman–Crippen MR) is 99.4 cm³/mol. The van der Waals surface area contributed by atoms with Crippen LogP contribution in [0.3, 0.4) is 0 Å². The van der Waals surface area contributed by atoms with Crippen molar-refractivity contribution in [1.82, 2.24) is 0 Å². The molecule has 0 saturated heterocycles. The summed E-state index contributed by atoms with van der Waals surface area (Å²) >= 11 is 0. The van der Waals surface area contributed by atoms with E-state index in [9.17, 15) is 5.11 Å². The normalized spacial score (nSPS) is 29.0. The Bertz CT molecular complexity index is 364. The lowest BCUT2D eigenvalue weighted by Gasteiger charge is -2.48. The summed E-state index contributed by atoms with van der Waals surface area (Å²) in [5.74, 6) is -0.284. The van der Waals surface area contributed by atoms with Crippen molar-refractivity contribution in [2.75, 3.05) is 0 Å². The highest BCUT2D eigenvalue weighted by Crippen LogP contribution is 2.47. The Morgan fingerprint density at radius 2 is 1.35 bits per heavy atom. The summed E-state index contributed by atoms with van der Waals surface area (Å²) in [5, 5.41) is 11.2. The Balaban J connectivity index is 2.71. The Hall–Kier alpha value is -0.0800. The third kappa shape index (κ3) is 5.74. The molecule has 1 aliphatic carbocycles. The maximum Gasteiger partial charge on any atom is 0.168 e. The molecule has 1 saturated carbocycles. The molecule has 23 heavy (non-hydrogen) atoms. The fourth-order valence-electron chi connectivity index (χ4n) is 4.30. The Labute approximate surface area is 145 Å². The monoisotopic (exact) mass is 326 g/mol. The number of rotatable bonds is 5. The van der Waals surface area contributed by atoms with E-state index in [-0.39, 0.29) is 16.9 Å². The second-order valence-electron chi connectivity index (χ2n) is 10.6. The molecule has 0 amide bonds. The first-order valence-corrected chi connectivity index (χ1v) is 9.60. The van der Waals surface area contributed by atoms with Gasteiger partial charge in [0.15, 0.2) is 5.79 Å². The zero-order chi connectivity index (χ0) is 18.1.